The fourth-order valence-corrected chi connectivity index (χ4v) is 0.642. The van der Waals surface area contributed by atoms with Gasteiger partial charge in [-0.1, -0.05) is 0 Å². The van der Waals surface area contributed by atoms with Crippen molar-refractivity contribution < 1.29 is 26.2 Å². The van der Waals surface area contributed by atoms with E-state index in [0.29, 0.717) is 0 Å². The maximum absolute atomic E-state index is 3.25. The first kappa shape index (κ1) is 20.1. The van der Waals surface area contributed by atoms with Crippen molar-refractivity contribution >= 4 is 0 Å². The van der Waals surface area contributed by atoms with Crippen LogP contribution in [0.15, 0.2) is 60.7 Å². The molecule has 0 aromatic heterocycles. The number of hydrogen-bond donors (Lipinski definition) is 0. The van der Waals surface area contributed by atoms with Crippen molar-refractivity contribution in [3.63, 3.8) is 0 Å². The zero-order valence-electron chi connectivity index (χ0n) is 9.69. The van der Waals surface area contributed by atoms with Crippen LogP contribution in [-0.4, -0.2) is 0 Å². The minimum Gasteiger partial charge on any atom is -0.346 e. The molecule has 2 aromatic carbocycles. The molecular weight excluding hydrogens is 259 g/mol. The molecule has 80 valence electrons. The van der Waals surface area contributed by atoms with E-state index in [9.17, 15) is 0 Å². The van der Waals surface area contributed by atoms with Crippen LogP contribution in [0.4, 0.5) is 0 Å². The van der Waals surface area contributed by atoms with E-state index >= 15 is 0 Å². The smallest absolute Gasteiger partial charge is 0.346 e. The minimum absolute atomic E-state index is 0. The molecule has 1 heteroatoms. The fraction of sp³-hybridized carbons (Fsp3) is 0.143. The zero-order valence-corrected chi connectivity index (χ0v) is 12.1. The molecule has 0 heterocycles. The maximum Gasteiger partial charge on any atom is 4.00 e. The van der Waals surface area contributed by atoms with Gasteiger partial charge in [-0.2, -0.15) is 50.2 Å². The molecule has 0 radical (unpaired) electrons. The van der Waals surface area contributed by atoms with Crippen molar-refractivity contribution in [3.8, 4) is 0 Å². The third-order valence-corrected chi connectivity index (χ3v) is 1.11. The van der Waals surface area contributed by atoms with Crippen molar-refractivity contribution in [2.24, 2.45) is 0 Å². The standard InChI is InChI=1S/2C5H5.2C2H5.Zr/c2*1-2-4-5-3-1;2*1-2;/h2*1-5H;2*1H2,2H3;/q4*-1;+4. The molecule has 0 bridgehead atoms. The molecule has 15 heavy (non-hydrogen) atoms. The fourth-order valence-electron chi connectivity index (χ4n) is 0.642. The van der Waals surface area contributed by atoms with Crippen molar-refractivity contribution in [2.45, 2.75) is 13.8 Å². The second-order valence-electron chi connectivity index (χ2n) is 1.92. The van der Waals surface area contributed by atoms with E-state index in [1.807, 2.05) is 60.7 Å². The van der Waals surface area contributed by atoms with E-state index in [-0.39, 0.29) is 26.2 Å². The van der Waals surface area contributed by atoms with Gasteiger partial charge in [-0.15, -0.1) is 0 Å². The van der Waals surface area contributed by atoms with Crippen LogP contribution >= 0.6 is 0 Å². The Morgan fingerprint density at radius 1 is 0.600 bits per heavy atom. The topological polar surface area (TPSA) is 0 Å². The molecule has 0 aliphatic rings. The first-order chi connectivity index (χ1) is 7.00. The summed E-state index contributed by atoms with van der Waals surface area (Å²) in [5.74, 6) is 0. The van der Waals surface area contributed by atoms with Gasteiger partial charge in [0, 0.05) is 0 Å². The molecular formula is C14H20Zr. The molecule has 0 nitrogen and oxygen atoms in total. The Hall–Kier alpha value is -0.417. The summed E-state index contributed by atoms with van der Waals surface area (Å²) in [5, 5.41) is 0. The third-order valence-electron chi connectivity index (χ3n) is 1.11. The van der Waals surface area contributed by atoms with Gasteiger partial charge in [0.15, 0.2) is 0 Å². The summed E-state index contributed by atoms with van der Waals surface area (Å²) in [6.07, 6.45) is 0. The Morgan fingerprint density at radius 3 is 0.867 bits per heavy atom. The van der Waals surface area contributed by atoms with Crippen LogP contribution < -0.4 is 0 Å². The summed E-state index contributed by atoms with van der Waals surface area (Å²) in [6.45, 7) is 10.0. The van der Waals surface area contributed by atoms with Gasteiger partial charge in [0.05, 0.1) is 0 Å². The van der Waals surface area contributed by atoms with Crippen LogP contribution in [0.3, 0.4) is 0 Å². The van der Waals surface area contributed by atoms with Crippen molar-refractivity contribution in [1.29, 1.82) is 0 Å². The molecule has 0 atom stereocenters. The molecule has 0 spiro atoms. The van der Waals surface area contributed by atoms with E-state index in [1.54, 1.807) is 13.8 Å². The predicted octanol–water partition coefficient (Wildman–Crippen LogP) is 4.49. The van der Waals surface area contributed by atoms with Gasteiger partial charge in [0.25, 0.3) is 0 Å². The Morgan fingerprint density at radius 2 is 0.800 bits per heavy atom. The van der Waals surface area contributed by atoms with E-state index in [0.717, 1.165) is 0 Å². The van der Waals surface area contributed by atoms with E-state index in [4.69, 9.17) is 0 Å². The molecule has 0 aliphatic heterocycles. The first-order valence-corrected chi connectivity index (χ1v) is 4.75. The van der Waals surface area contributed by atoms with Gasteiger partial charge in [-0.05, 0) is 0 Å². The zero-order chi connectivity index (χ0) is 11.1. The molecule has 0 aliphatic carbocycles. The first-order valence-electron chi connectivity index (χ1n) is 4.75. The molecule has 2 aromatic rings. The molecule has 0 N–H and O–H groups in total. The quantitative estimate of drug-likeness (QED) is 0.623. The van der Waals surface area contributed by atoms with Gasteiger partial charge >= 0.3 is 26.2 Å². The minimum atomic E-state index is 0. The summed E-state index contributed by atoms with van der Waals surface area (Å²) < 4.78 is 0. The average Bonchev–Trinajstić information content (AvgIpc) is 3.01. The van der Waals surface area contributed by atoms with Crippen LogP contribution in [0.1, 0.15) is 13.8 Å². The van der Waals surface area contributed by atoms with Crippen LogP contribution in [0, 0.1) is 13.8 Å². The molecule has 0 saturated carbocycles. The summed E-state index contributed by atoms with van der Waals surface area (Å²) in [6, 6.07) is 20.0. The predicted molar refractivity (Wildman–Crippen MR) is 66.1 cm³/mol. The van der Waals surface area contributed by atoms with Crippen LogP contribution in [0.5, 0.6) is 0 Å². The number of rotatable bonds is 0. The largest absolute Gasteiger partial charge is 4.00 e. The molecule has 0 amide bonds. The Kier molecular flexibility index (Phi) is 31.3. The average molecular weight is 280 g/mol. The van der Waals surface area contributed by atoms with Gasteiger partial charge in [-0.25, -0.2) is 24.3 Å². The monoisotopic (exact) mass is 278 g/mol. The Bertz CT molecular complexity index is 145. The second-order valence-corrected chi connectivity index (χ2v) is 1.92. The van der Waals surface area contributed by atoms with Crippen LogP contribution in [0.2, 0.25) is 0 Å². The van der Waals surface area contributed by atoms with Gasteiger partial charge in [0.2, 0.25) is 0 Å². The third kappa shape index (κ3) is 19.8. The van der Waals surface area contributed by atoms with Gasteiger partial charge in [-0.3, -0.25) is 0 Å². The number of hydrogen-bond acceptors (Lipinski definition) is 0. The molecule has 0 saturated heterocycles. The maximum atomic E-state index is 3.25. The summed E-state index contributed by atoms with van der Waals surface area (Å²) in [4.78, 5) is 0. The van der Waals surface area contributed by atoms with Crippen molar-refractivity contribution in [1.82, 2.24) is 0 Å². The normalized spacial score (nSPS) is 6.13. The van der Waals surface area contributed by atoms with Crippen LogP contribution in [-0.2, 0) is 26.2 Å². The second kappa shape index (κ2) is 23.4. The Labute approximate surface area is 114 Å². The molecule has 0 unspecified atom stereocenters. The van der Waals surface area contributed by atoms with Gasteiger partial charge in [0.1, 0.15) is 0 Å². The Balaban J connectivity index is -0.000000138. The van der Waals surface area contributed by atoms with Crippen molar-refractivity contribution in [3.05, 3.63) is 74.5 Å². The van der Waals surface area contributed by atoms with E-state index in [1.165, 1.54) is 0 Å². The summed E-state index contributed by atoms with van der Waals surface area (Å²) in [7, 11) is 0. The van der Waals surface area contributed by atoms with Crippen LogP contribution in [0.25, 0.3) is 0 Å². The summed E-state index contributed by atoms with van der Waals surface area (Å²) >= 11 is 0. The van der Waals surface area contributed by atoms with E-state index < -0.39 is 0 Å². The van der Waals surface area contributed by atoms with Crippen molar-refractivity contribution in [2.75, 3.05) is 0 Å². The summed E-state index contributed by atoms with van der Waals surface area (Å²) in [5.41, 5.74) is 0. The SMILES string of the molecule is [CH2-]C.[CH2-]C.[Zr+4].c1cc[cH-]c1.c1cc[cH-]c1. The van der Waals surface area contributed by atoms with E-state index in [2.05, 4.69) is 13.8 Å². The molecule has 0 fully saturated rings. The van der Waals surface area contributed by atoms with Gasteiger partial charge < -0.3 is 13.8 Å². The molecule has 2 rings (SSSR count).